The van der Waals surface area contributed by atoms with E-state index in [9.17, 15) is 8.78 Å². The van der Waals surface area contributed by atoms with Gasteiger partial charge in [-0.3, -0.25) is 0 Å². The van der Waals surface area contributed by atoms with Gasteiger partial charge in [-0.15, -0.1) is 0 Å². The van der Waals surface area contributed by atoms with E-state index in [1.807, 2.05) is 0 Å². The van der Waals surface area contributed by atoms with E-state index in [0.29, 0.717) is 0 Å². The highest BCUT2D eigenvalue weighted by atomic mass is 32.1. The number of hydrogen-bond donors (Lipinski definition) is 0. The average molecular weight is 411 g/mol. The highest BCUT2D eigenvalue weighted by Crippen LogP contribution is 2.41. The molecule has 0 N–H and O–H groups in total. The first kappa shape index (κ1) is 21.5. The molecule has 156 valence electrons. The zero-order chi connectivity index (χ0) is 20.1. The molecule has 0 aliphatic heterocycles. The van der Waals surface area contributed by atoms with Crippen molar-refractivity contribution in [2.45, 2.75) is 77.2 Å². The summed E-state index contributed by atoms with van der Waals surface area (Å²) in [6, 6.07) is 2.81. The second-order valence-electron chi connectivity index (χ2n) is 8.45. The maximum absolute atomic E-state index is 14.2. The van der Waals surface area contributed by atoms with Crippen LogP contribution >= 0.6 is 12.2 Å². The lowest BCUT2D eigenvalue weighted by molar-refractivity contribution is 0.0870. The van der Waals surface area contributed by atoms with Gasteiger partial charge in [0.1, 0.15) is 0 Å². The van der Waals surface area contributed by atoms with Gasteiger partial charge < -0.3 is 9.47 Å². The smallest absolute Gasteiger partial charge is 0.201 e. The fraction of sp³-hybridized carbons (Fsp3) is 0.696. The quantitative estimate of drug-likeness (QED) is 0.479. The number of ether oxygens (including phenoxy) is 2. The Kier molecular flexibility index (Phi) is 7.67. The lowest BCUT2D eigenvalue weighted by Gasteiger charge is -2.37. The third-order valence-electron chi connectivity index (χ3n) is 6.73. The molecule has 1 aromatic carbocycles. The fourth-order valence-corrected chi connectivity index (χ4v) is 5.39. The first-order chi connectivity index (χ1) is 13.5. The molecule has 0 radical (unpaired) electrons. The summed E-state index contributed by atoms with van der Waals surface area (Å²) < 4.78 is 38.8. The van der Waals surface area contributed by atoms with E-state index in [0.717, 1.165) is 43.4 Å². The van der Waals surface area contributed by atoms with Gasteiger partial charge in [0.05, 0.1) is 18.8 Å². The molecule has 3 rings (SSSR count). The lowest BCUT2D eigenvalue weighted by atomic mass is 9.70. The van der Waals surface area contributed by atoms with Gasteiger partial charge in [0.25, 0.3) is 0 Å². The first-order valence-electron chi connectivity index (χ1n) is 10.8. The standard InChI is InChI=1S/C23H32F2O2S/c1-3-4-15-5-7-16(8-6-15)17-9-11-18(12-10-17)27-23(28)19-13-14-20(26-2)22(25)21(19)24/h13-18H,3-12H2,1-2H3. The van der Waals surface area contributed by atoms with E-state index in [2.05, 4.69) is 6.92 Å². The van der Waals surface area contributed by atoms with E-state index >= 15 is 0 Å². The molecule has 0 heterocycles. The van der Waals surface area contributed by atoms with Gasteiger partial charge in [0.15, 0.2) is 16.6 Å². The first-order valence-corrected chi connectivity index (χ1v) is 11.2. The molecular formula is C23H32F2O2S. The van der Waals surface area contributed by atoms with Gasteiger partial charge in [-0.1, -0.05) is 32.6 Å². The average Bonchev–Trinajstić information content (AvgIpc) is 2.71. The molecule has 0 aromatic heterocycles. The summed E-state index contributed by atoms with van der Waals surface area (Å²) in [5.41, 5.74) is 0.00432. The Bertz CT molecular complexity index is 663. The Morgan fingerprint density at radius 2 is 1.57 bits per heavy atom. The summed E-state index contributed by atoms with van der Waals surface area (Å²) in [5, 5.41) is 0.0441. The van der Waals surface area contributed by atoms with Crippen LogP contribution in [0.25, 0.3) is 0 Å². The maximum Gasteiger partial charge on any atom is 0.201 e. The Labute approximate surface area is 173 Å². The van der Waals surface area contributed by atoms with Gasteiger partial charge >= 0.3 is 0 Å². The normalized spacial score (nSPS) is 28.0. The predicted octanol–water partition coefficient (Wildman–Crippen LogP) is 6.83. The van der Waals surface area contributed by atoms with Crippen LogP contribution in [0, 0.1) is 29.4 Å². The molecule has 0 bridgehead atoms. The van der Waals surface area contributed by atoms with E-state index < -0.39 is 11.6 Å². The van der Waals surface area contributed by atoms with Crippen LogP contribution in [-0.2, 0) is 4.74 Å². The Hall–Kier alpha value is -1.23. The Balaban J connectivity index is 1.48. The fourth-order valence-electron chi connectivity index (χ4n) is 5.10. The predicted molar refractivity (Wildman–Crippen MR) is 112 cm³/mol. The molecule has 0 unspecified atom stereocenters. The largest absolute Gasteiger partial charge is 0.494 e. The van der Waals surface area contributed by atoms with Crippen LogP contribution < -0.4 is 4.74 Å². The zero-order valence-electron chi connectivity index (χ0n) is 17.0. The number of benzene rings is 1. The van der Waals surface area contributed by atoms with Crippen LogP contribution in [0.5, 0.6) is 5.75 Å². The molecule has 5 heteroatoms. The SMILES string of the molecule is CCCC1CCC(C2CCC(OC(=S)c3ccc(OC)c(F)c3F)CC2)CC1. The van der Waals surface area contributed by atoms with Gasteiger partial charge in [0, 0.05) is 0 Å². The van der Waals surface area contributed by atoms with Gasteiger partial charge in [0.2, 0.25) is 5.82 Å². The third-order valence-corrected chi connectivity index (χ3v) is 7.05. The highest BCUT2D eigenvalue weighted by molar-refractivity contribution is 7.80. The molecule has 2 nitrogen and oxygen atoms in total. The molecule has 2 fully saturated rings. The monoisotopic (exact) mass is 410 g/mol. The van der Waals surface area contributed by atoms with Crippen molar-refractivity contribution in [3.8, 4) is 5.75 Å². The van der Waals surface area contributed by atoms with Crippen molar-refractivity contribution in [3.05, 3.63) is 29.3 Å². The van der Waals surface area contributed by atoms with E-state index in [1.165, 1.54) is 57.8 Å². The molecular weight excluding hydrogens is 378 g/mol. The molecule has 0 atom stereocenters. The molecule has 2 aliphatic carbocycles. The van der Waals surface area contributed by atoms with E-state index in [4.69, 9.17) is 21.7 Å². The third kappa shape index (κ3) is 5.03. The number of halogens is 2. The minimum atomic E-state index is -1.02. The van der Waals surface area contributed by atoms with Crippen molar-refractivity contribution in [2.24, 2.45) is 17.8 Å². The van der Waals surface area contributed by atoms with E-state index in [-0.39, 0.29) is 22.5 Å². The van der Waals surface area contributed by atoms with Gasteiger partial charge in [-0.05, 0) is 80.6 Å². The number of hydrogen-bond acceptors (Lipinski definition) is 3. The molecule has 0 spiro atoms. The maximum atomic E-state index is 14.2. The molecule has 28 heavy (non-hydrogen) atoms. The zero-order valence-corrected chi connectivity index (χ0v) is 17.8. The molecule has 1 aromatic rings. The van der Waals surface area contributed by atoms with Crippen molar-refractivity contribution < 1.29 is 18.3 Å². The second kappa shape index (κ2) is 10.00. The summed E-state index contributed by atoms with van der Waals surface area (Å²) in [7, 11) is 1.31. The Morgan fingerprint density at radius 3 is 2.14 bits per heavy atom. The van der Waals surface area contributed by atoms with Gasteiger partial charge in [-0.2, -0.15) is 4.39 Å². The van der Waals surface area contributed by atoms with Crippen molar-refractivity contribution in [2.75, 3.05) is 7.11 Å². The number of rotatable bonds is 6. The minimum Gasteiger partial charge on any atom is -0.494 e. The summed E-state index contributed by atoms with van der Waals surface area (Å²) in [5.74, 6) is 0.437. The van der Waals surface area contributed by atoms with Crippen molar-refractivity contribution in [1.82, 2.24) is 0 Å². The highest BCUT2D eigenvalue weighted by Gasteiger charge is 2.32. The van der Waals surface area contributed by atoms with Crippen LogP contribution in [0.15, 0.2) is 12.1 Å². The van der Waals surface area contributed by atoms with Crippen LogP contribution in [0.1, 0.15) is 76.7 Å². The second-order valence-corrected chi connectivity index (χ2v) is 8.83. The van der Waals surface area contributed by atoms with Crippen LogP contribution in [0.3, 0.4) is 0 Å². The molecule has 0 amide bonds. The lowest BCUT2D eigenvalue weighted by Crippen LogP contribution is -2.29. The van der Waals surface area contributed by atoms with Crippen molar-refractivity contribution >= 4 is 17.3 Å². The van der Waals surface area contributed by atoms with Gasteiger partial charge in [-0.25, -0.2) is 4.39 Å². The number of thiocarbonyl (C=S) groups is 1. The Morgan fingerprint density at radius 1 is 0.964 bits per heavy atom. The molecule has 2 saturated carbocycles. The topological polar surface area (TPSA) is 18.5 Å². The summed E-state index contributed by atoms with van der Waals surface area (Å²) in [4.78, 5) is 0. The van der Waals surface area contributed by atoms with E-state index in [1.54, 1.807) is 0 Å². The minimum absolute atomic E-state index is 0.00432. The number of methoxy groups -OCH3 is 1. The molecule has 0 saturated heterocycles. The van der Waals surface area contributed by atoms with Crippen LogP contribution in [0.4, 0.5) is 8.78 Å². The van der Waals surface area contributed by atoms with Crippen LogP contribution in [-0.4, -0.2) is 18.3 Å². The van der Waals surface area contributed by atoms with Crippen molar-refractivity contribution in [3.63, 3.8) is 0 Å². The van der Waals surface area contributed by atoms with Crippen molar-refractivity contribution in [1.29, 1.82) is 0 Å². The summed E-state index contributed by atoms with van der Waals surface area (Å²) >= 11 is 5.25. The molecule has 2 aliphatic rings. The van der Waals surface area contributed by atoms with Crippen LogP contribution in [0.2, 0.25) is 0 Å². The summed E-state index contributed by atoms with van der Waals surface area (Å²) in [6.45, 7) is 2.28. The summed E-state index contributed by atoms with van der Waals surface area (Å²) in [6.07, 6.45) is 12.4.